The van der Waals surface area contributed by atoms with Crippen LogP contribution in [-0.4, -0.2) is 26.7 Å². The Balaban J connectivity index is 1.76. The minimum absolute atomic E-state index is 0.0884. The van der Waals surface area contributed by atoms with Gasteiger partial charge in [0.2, 0.25) is 0 Å². The molecule has 0 aliphatic rings. The Labute approximate surface area is 164 Å². The number of rotatable bonds is 5. The Bertz CT molecular complexity index is 1210. The Morgan fingerprint density at radius 1 is 1.03 bits per heavy atom. The van der Waals surface area contributed by atoms with Crippen molar-refractivity contribution in [3.63, 3.8) is 0 Å². The predicted molar refractivity (Wildman–Crippen MR) is 101 cm³/mol. The van der Waals surface area contributed by atoms with E-state index in [4.69, 9.17) is 4.74 Å². The number of hydrogen-bond acceptors (Lipinski definition) is 4. The van der Waals surface area contributed by atoms with Crippen molar-refractivity contribution in [3.05, 3.63) is 77.3 Å². The molecule has 0 amide bonds. The second-order valence-electron chi connectivity index (χ2n) is 6.58. The molecule has 29 heavy (non-hydrogen) atoms. The maximum atomic E-state index is 15.0. The van der Waals surface area contributed by atoms with Gasteiger partial charge in [0.1, 0.15) is 29.5 Å². The molecule has 148 valence electrons. The summed E-state index contributed by atoms with van der Waals surface area (Å²) in [7, 11) is 1.33. The normalized spacial score (nSPS) is 11.2. The summed E-state index contributed by atoms with van der Waals surface area (Å²) in [6.45, 7) is 1.83. The molecule has 0 aliphatic carbocycles. The molecule has 0 saturated carbocycles. The van der Waals surface area contributed by atoms with Crippen LogP contribution in [0.1, 0.15) is 17.0 Å². The number of fused-ring (bicyclic) bond motifs is 1. The van der Waals surface area contributed by atoms with Crippen LogP contribution in [0.15, 0.2) is 42.9 Å². The number of aryl methyl sites for hydroxylation is 2. The number of halogens is 3. The third kappa shape index (κ3) is 3.41. The minimum atomic E-state index is -0.732. The molecule has 4 aromatic rings. The Morgan fingerprint density at radius 2 is 1.86 bits per heavy atom. The average Bonchev–Trinajstić information content (AvgIpc) is 3.18. The fourth-order valence-corrected chi connectivity index (χ4v) is 3.46. The molecule has 0 unspecified atom stereocenters. The first-order valence-electron chi connectivity index (χ1n) is 8.94. The number of pyridine rings is 2. The number of benzene rings is 1. The van der Waals surface area contributed by atoms with E-state index in [1.165, 1.54) is 19.5 Å². The molecule has 1 aromatic carbocycles. The summed E-state index contributed by atoms with van der Waals surface area (Å²) in [5, 5.41) is 8.04. The lowest BCUT2D eigenvalue weighted by atomic mass is 10.0. The molecule has 5 nitrogen and oxygen atoms in total. The third-order valence-corrected chi connectivity index (χ3v) is 4.87. The van der Waals surface area contributed by atoms with Gasteiger partial charge < -0.3 is 4.74 Å². The molecule has 0 N–H and O–H groups in total. The van der Waals surface area contributed by atoms with Crippen LogP contribution in [0.3, 0.4) is 0 Å². The summed E-state index contributed by atoms with van der Waals surface area (Å²) in [6, 6.07) is 6.89. The highest BCUT2D eigenvalue weighted by molar-refractivity contribution is 5.78. The first kappa shape index (κ1) is 18.9. The van der Waals surface area contributed by atoms with Gasteiger partial charge in [0.25, 0.3) is 0 Å². The highest BCUT2D eigenvalue weighted by Crippen LogP contribution is 2.30. The van der Waals surface area contributed by atoms with Crippen LogP contribution in [-0.2, 0) is 12.8 Å². The van der Waals surface area contributed by atoms with Gasteiger partial charge in [0.05, 0.1) is 12.8 Å². The Morgan fingerprint density at radius 3 is 2.62 bits per heavy atom. The Kier molecular flexibility index (Phi) is 4.92. The van der Waals surface area contributed by atoms with Gasteiger partial charge in [-0.05, 0) is 31.9 Å². The molecule has 0 bridgehead atoms. The molecular formula is C21H17F3N4O. The summed E-state index contributed by atoms with van der Waals surface area (Å²) < 4.78 is 49.3. The summed E-state index contributed by atoms with van der Waals surface area (Å²) in [5.74, 6) is -1.85. The number of methoxy groups -OCH3 is 1. The minimum Gasteiger partial charge on any atom is -0.496 e. The lowest BCUT2D eigenvalue weighted by molar-refractivity contribution is 0.399. The summed E-state index contributed by atoms with van der Waals surface area (Å²) in [5.41, 5.74) is 3.01. The number of nitrogens with zero attached hydrogens (tertiary/aromatic N) is 4. The Hall–Kier alpha value is -3.42. The number of ether oxygens (including phenoxy) is 1. The van der Waals surface area contributed by atoms with E-state index in [0.29, 0.717) is 16.9 Å². The van der Waals surface area contributed by atoms with Crippen molar-refractivity contribution in [1.82, 2.24) is 19.6 Å². The van der Waals surface area contributed by atoms with E-state index in [0.717, 1.165) is 23.4 Å². The first-order chi connectivity index (χ1) is 14.0. The third-order valence-electron chi connectivity index (χ3n) is 4.87. The zero-order chi connectivity index (χ0) is 20.5. The lowest BCUT2D eigenvalue weighted by Crippen LogP contribution is -2.07. The van der Waals surface area contributed by atoms with Gasteiger partial charge in [-0.15, -0.1) is 10.2 Å². The zero-order valence-electron chi connectivity index (χ0n) is 15.8. The van der Waals surface area contributed by atoms with Gasteiger partial charge in [-0.1, -0.05) is 6.07 Å². The lowest BCUT2D eigenvalue weighted by Gasteiger charge is -2.13. The zero-order valence-corrected chi connectivity index (χ0v) is 15.8. The van der Waals surface area contributed by atoms with Crippen LogP contribution in [0, 0.1) is 24.4 Å². The van der Waals surface area contributed by atoms with Crippen LogP contribution in [0.2, 0.25) is 0 Å². The number of hydrogen-bond donors (Lipinski definition) is 0. The average molecular weight is 398 g/mol. The smallest absolute Gasteiger partial charge is 0.168 e. The van der Waals surface area contributed by atoms with Crippen LogP contribution in [0.4, 0.5) is 13.2 Å². The highest BCUT2D eigenvalue weighted by Gasteiger charge is 2.19. The molecule has 0 atom stereocenters. The van der Waals surface area contributed by atoms with Crippen molar-refractivity contribution in [3.8, 4) is 16.9 Å². The van der Waals surface area contributed by atoms with E-state index in [2.05, 4.69) is 15.2 Å². The van der Waals surface area contributed by atoms with Crippen molar-refractivity contribution in [1.29, 1.82) is 0 Å². The molecule has 8 heteroatoms. The van der Waals surface area contributed by atoms with Crippen molar-refractivity contribution in [2.45, 2.75) is 19.8 Å². The predicted octanol–water partition coefficient (Wildman–Crippen LogP) is 4.31. The second kappa shape index (κ2) is 7.54. The van der Waals surface area contributed by atoms with Crippen molar-refractivity contribution in [2.75, 3.05) is 7.11 Å². The largest absolute Gasteiger partial charge is 0.496 e. The molecule has 0 fully saturated rings. The van der Waals surface area contributed by atoms with Gasteiger partial charge in [0.15, 0.2) is 5.65 Å². The summed E-state index contributed by atoms with van der Waals surface area (Å²) >= 11 is 0. The van der Waals surface area contributed by atoms with Gasteiger partial charge >= 0.3 is 0 Å². The van der Waals surface area contributed by atoms with Gasteiger partial charge in [-0.2, -0.15) is 0 Å². The standard InChI is InChI=1S/C21H17F3N4O/c1-12-14(4-3-7-25-12)16-10-18(24)19(28-11-26-27-21(16)28)6-5-15-17(23)8-13(22)9-20(15)29-2/h3-4,7-11H,5-6H2,1-2H3. The number of aromatic nitrogens is 4. The van der Waals surface area contributed by atoms with Crippen LogP contribution >= 0.6 is 0 Å². The van der Waals surface area contributed by atoms with E-state index in [1.807, 2.05) is 13.0 Å². The van der Waals surface area contributed by atoms with Crippen LogP contribution in [0.25, 0.3) is 16.8 Å². The first-order valence-corrected chi connectivity index (χ1v) is 8.94. The van der Waals surface area contributed by atoms with E-state index >= 15 is 4.39 Å². The molecule has 0 saturated heterocycles. The van der Waals surface area contributed by atoms with Crippen LogP contribution < -0.4 is 4.74 Å². The highest BCUT2D eigenvalue weighted by atomic mass is 19.1. The fraction of sp³-hybridized carbons (Fsp3) is 0.190. The molecule has 3 aromatic heterocycles. The van der Waals surface area contributed by atoms with Crippen molar-refractivity contribution in [2.24, 2.45) is 0 Å². The monoisotopic (exact) mass is 398 g/mol. The van der Waals surface area contributed by atoms with Gasteiger partial charge in [0, 0.05) is 40.7 Å². The molecule has 0 spiro atoms. The summed E-state index contributed by atoms with van der Waals surface area (Å²) in [6.07, 6.45) is 3.34. The second-order valence-corrected chi connectivity index (χ2v) is 6.58. The van der Waals surface area contributed by atoms with Crippen molar-refractivity contribution >= 4 is 5.65 Å². The molecular weight excluding hydrogens is 381 g/mol. The van der Waals surface area contributed by atoms with Gasteiger partial charge in [-0.25, -0.2) is 13.2 Å². The maximum Gasteiger partial charge on any atom is 0.168 e. The topological polar surface area (TPSA) is 52.3 Å². The van der Waals surface area contributed by atoms with E-state index < -0.39 is 17.5 Å². The van der Waals surface area contributed by atoms with Gasteiger partial charge in [-0.3, -0.25) is 9.38 Å². The summed E-state index contributed by atoms with van der Waals surface area (Å²) in [4.78, 5) is 4.24. The molecule has 0 aliphatic heterocycles. The van der Waals surface area contributed by atoms with E-state index in [-0.39, 0.29) is 24.2 Å². The fourth-order valence-electron chi connectivity index (χ4n) is 3.46. The van der Waals surface area contributed by atoms with Crippen LogP contribution in [0.5, 0.6) is 5.75 Å². The molecule has 3 heterocycles. The maximum absolute atomic E-state index is 15.0. The quantitative estimate of drug-likeness (QED) is 0.503. The molecule has 4 rings (SSSR count). The van der Waals surface area contributed by atoms with E-state index in [1.54, 1.807) is 16.7 Å². The SMILES string of the molecule is COc1cc(F)cc(F)c1CCc1c(F)cc(-c2cccnc2C)c2nncn12. The molecule has 0 radical (unpaired) electrons. The van der Waals surface area contributed by atoms with Crippen molar-refractivity contribution < 1.29 is 17.9 Å². The van der Waals surface area contributed by atoms with E-state index in [9.17, 15) is 8.78 Å².